The minimum absolute atomic E-state index is 0.0808. The Kier molecular flexibility index (Phi) is 3.24. The lowest BCUT2D eigenvalue weighted by Crippen LogP contribution is -2.55. The predicted octanol–water partition coefficient (Wildman–Crippen LogP) is 0.990. The number of nitrogens with one attached hydrogen (secondary N) is 1. The molecule has 5 nitrogen and oxygen atoms in total. The van der Waals surface area contributed by atoms with Crippen LogP contribution in [0.4, 0.5) is 0 Å². The molecule has 2 rings (SSSR count). The van der Waals surface area contributed by atoms with E-state index in [-0.39, 0.29) is 15.3 Å². The number of nitrogens with zero attached hydrogens (tertiary/aromatic N) is 1. The van der Waals surface area contributed by atoms with Crippen LogP contribution in [0.2, 0.25) is 4.47 Å². The Hall–Kier alpha value is -0.210. The van der Waals surface area contributed by atoms with Gasteiger partial charge in [-0.05, 0) is 19.3 Å². The summed E-state index contributed by atoms with van der Waals surface area (Å²) in [5.41, 5.74) is -0.685. The Morgan fingerprint density at radius 3 is 2.69 bits per heavy atom. The Morgan fingerprint density at radius 2 is 2.31 bits per heavy atom. The monoisotopic (exact) mass is 282 g/mol. The van der Waals surface area contributed by atoms with Gasteiger partial charge in [0.1, 0.15) is 0 Å². The van der Waals surface area contributed by atoms with E-state index < -0.39 is 15.6 Å². The summed E-state index contributed by atoms with van der Waals surface area (Å²) in [5.74, 6) is 0. The molecule has 2 N–H and O–H groups in total. The minimum atomic E-state index is -3.61. The van der Waals surface area contributed by atoms with Crippen molar-refractivity contribution in [1.82, 2.24) is 9.71 Å². The maximum atomic E-state index is 11.9. The zero-order chi connectivity index (χ0) is 11.8. The molecule has 1 saturated carbocycles. The first kappa shape index (κ1) is 12.3. The molecule has 1 fully saturated rings. The highest BCUT2D eigenvalue weighted by molar-refractivity contribution is 7.91. The summed E-state index contributed by atoms with van der Waals surface area (Å²) >= 11 is 6.49. The Morgan fingerprint density at radius 1 is 1.62 bits per heavy atom. The lowest BCUT2D eigenvalue weighted by Gasteiger charge is -2.40. The average Bonchev–Trinajstić information content (AvgIpc) is 2.59. The van der Waals surface area contributed by atoms with Gasteiger partial charge >= 0.3 is 0 Å². The molecule has 1 aromatic rings. The van der Waals surface area contributed by atoms with Crippen molar-refractivity contribution in [3.05, 3.63) is 10.7 Å². The Bertz CT molecular complexity index is 476. The summed E-state index contributed by atoms with van der Waals surface area (Å²) < 4.78 is 26.6. The number of hydrogen-bond acceptors (Lipinski definition) is 5. The lowest BCUT2D eigenvalue weighted by atomic mass is 9.78. The average molecular weight is 283 g/mol. The molecule has 1 aromatic heterocycles. The van der Waals surface area contributed by atoms with Gasteiger partial charge in [0.15, 0.2) is 8.68 Å². The highest BCUT2D eigenvalue weighted by Gasteiger charge is 2.40. The van der Waals surface area contributed by atoms with Crippen LogP contribution in [-0.4, -0.2) is 30.7 Å². The smallest absolute Gasteiger partial charge is 0.252 e. The second kappa shape index (κ2) is 4.23. The van der Waals surface area contributed by atoms with Crippen molar-refractivity contribution >= 4 is 33.0 Å². The van der Waals surface area contributed by atoms with Crippen LogP contribution in [0.5, 0.6) is 0 Å². The van der Waals surface area contributed by atoms with Crippen LogP contribution >= 0.6 is 22.9 Å². The number of aliphatic hydroxyl groups is 1. The van der Waals surface area contributed by atoms with Crippen molar-refractivity contribution < 1.29 is 13.5 Å². The topological polar surface area (TPSA) is 79.3 Å². The summed E-state index contributed by atoms with van der Waals surface area (Å²) in [6.45, 7) is -0.182. The number of rotatable bonds is 4. The van der Waals surface area contributed by atoms with Gasteiger partial charge in [0.05, 0.1) is 18.3 Å². The second-order valence-corrected chi connectivity index (χ2v) is 7.35. The number of thiazole rings is 1. The highest BCUT2D eigenvalue weighted by Crippen LogP contribution is 2.33. The van der Waals surface area contributed by atoms with E-state index in [1.54, 1.807) is 0 Å². The number of aliphatic hydroxyl groups excluding tert-OH is 1. The molecule has 0 atom stereocenters. The van der Waals surface area contributed by atoms with E-state index >= 15 is 0 Å². The molecule has 1 heterocycles. The molecule has 0 saturated heterocycles. The fraction of sp³-hybridized carbons (Fsp3) is 0.625. The standard InChI is InChI=1S/C8H11ClN2O3S2/c9-7-10-4-6(15-7)16(13,14)11-8(5-12)2-1-3-8/h4,11-12H,1-3,5H2. The number of halogens is 1. The third-order valence-electron chi connectivity index (χ3n) is 2.69. The van der Waals surface area contributed by atoms with Gasteiger partial charge in [0.2, 0.25) is 0 Å². The summed E-state index contributed by atoms with van der Waals surface area (Å²) in [6, 6.07) is 0. The molecule has 8 heteroatoms. The Balaban J connectivity index is 2.20. The molecule has 0 spiro atoms. The van der Waals surface area contributed by atoms with Crippen molar-refractivity contribution in [2.24, 2.45) is 0 Å². The van der Waals surface area contributed by atoms with Gasteiger partial charge in [-0.25, -0.2) is 18.1 Å². The third-order valence-corrected chi connectivity index (χ3v) is 5.84. The maximum absolute atomic E-state index is 11.9. The fourth-order valence-corrected chi connectivity index (χ4v) is 4.34. The molecule has 0 aliphatic heterocycles. The van der Waals surface area contributed by atoms with Crippen LogP contribution in [0.1, 0.15) is 19.3 Å². The molecule has 0 aromatic carbocycles. The van der Waals surface area contributed by atoms with E-state index in [1.807, 2.05) is 0 Å². The van der Waals surface area contributed by atoms with Crippen LogP contribution in [0.3, 0.4) is 0 Å². The third kappa shape index (κ3) is 2.23. The van der Waals surface area contributed by atoms with E-state index in [2.05, 4.69) is 9.71 Å². The van der Waals surface area contributed by atoms with E-state index in [0.29, 0.717) is 12.8 Å². The summed E-state index contributed by atoms with van der Waals surface area (Å²) in [6.07, 6.45) is 3.47. The molecule has 0 radical (unpaired) electrons. The van der Waals surface area contributed by atoms with Gasteiger partial charge < -0.3 is 5.11 Å². The van der Waals surface area contributed by atoms with Crippen LogP contribution in [0.15, 0.2) is 10.4 Å². The van der Waals surface area contributed by atoms with Crippen molar-refractivity contribution in [3.63, 3.8) is 0 Å². The lowest BCUT2D eigenvalue weighted by molar-refractivity contribution is 0.111. The van der Waals surface area contributed by atoms with Crippen LogP contribution < -0.4 is 4.72 Å². The summed E-state index contributed by atoms with van der Waals surface area (Å²) in [4.78, 5) is 3.68. The fourth-order valence-electron chi connectivity index (χ4n) is 1.59. The van der Waals surface area contributed by atoms with Crippen molar-refractivity contribution in [1.29, 1.82) is 0 Å². The molecule has 90 valence electrons. The summed E-state index contributed by atoms with van der Waals surface area (Å²) in [7, 11) is -3.61. The van der Waals surface area contributed by atoms with E-state index in [9.17, 15) is 13.5 Å². The van der Waals surface area contributed by atoms with E-state index in [1.165, 1.54) is 6.20 Å². The SMILES string of the molecule is O=S(=O)(NC1(CO)CCC1)c1cnc(Cl)s1. The highest BCUT2D eigenvalue weighted by atomic mass is 35.5. The molecular formula is C8H11ClN2O3S2. The van der Waals surface area contributed by atoms with Gasteiger partial charge in [0, 0.05) is 0 Å². The zero-order valence-electron chi connectivity index (χ0n) is 8.31. The first-order valence-electron chi connectivity index (χ1n) is 4.74. The van der Waals surface area contributed by atoms with Crippen LogP contribution in [-0.2, 0) is 10.0 Å². The summed E-state index contributed by atoms with van der Waals surface area (Å²) in [5, 5.41) is 9.19. The quantitative estimate of drug-likeness (QED) is 0.863. The van der Waals surface area contributed by atoms with Gasteiger partial charge in [0.25, 0.3) is 10.0 Å². The van der Waals surface area contributed by atoms with E-state index in [4.69, 9.17) is 11.6 Å². The van der Waals surface area contributed by atoms with Crippen molar-refractivity contribution in [3.8, 4) is 0 Å². The van der Waals surface area contributed by atoms with Gasteiger partial charge in [-0.2, -0.15) is 0 Å². The Labute approximate surface area is 103 Å². The molecule has 1 aliphatic carbocycles. The minimum Gasteiger partial charge on any atom is -0.394 e. The van der Waals surface area contributed by atoms with Crippen LogP contribution in [0, 0.1) is 0 Å². The molecule has 0 amide bonds. The number of aromatic nitrogens is 1. The van der Waals surface area contributed by atoms with Crippen molar-refractivity contribution in [2.75, 3.05) is 6.61 Å². The molecule has 1 aliphatic rings. The number of hydrogen-bond donors (Lipinski definition) is 2. The largest absolute Gasteiger partial charge is 0.394 e. The maximum Gasteiger partial charge on any atom is 0.252 e. The van der Waals surface area contributed by atoms with Crippen molar-refractivity contribution in [2.45, 2.75) is 29.0 Å². The predicted molar refractivity (Wildman–Crippen MR) is 61.1 cm³/mol. The zero-order valence-corrected chi connectivity index (χ0v) is 10.7. The van der Waals surface area contributed by atoms with E-state index in [0.717, 1.165) is 17.8 Å². The van der Waals surface area contributed by atoms with Gasteiger partial charge in [-0.15, -0.1) is 0 Å². The van der Waals surface area contributed by atoms with Gasteiger partial charge in [-0.1, -0.05) is 22.9 Å². The molecular weight excluding hydrogens is 272 g/mol. The van der Waals surface area contributed by atoms with Gasteiger partial charge in [-0.3, -0.25) is 0 Å². The molecule has 0 bridgehead atoms. The first-order valence-corrected chi connectivity index (χ1v) is 7.41. The molecule has 0 unspecified atom stereocenters. The normalized spacial score (nSPS) is 19.4. The molecule has 16 heavy (non-hydrogen) atoms. The first-order chi connectivity index (χ1) is 7.47. The number of sulfonamides is 1. The second-order valence-electron chi connectivity index (χ2n) is 3.83. The van der Waals surface area contributed by atoms with Crippen LogP contribution in [0.25, 0.3) is 0 Å².